The molecule has 0 radical (unpaired) electrons. The van der Waals surface area contributed by atoms with Crippen LogP contribution in [-0.2, 0) is 10.0 Å². The van der Waals surface area contributed by atoms with Gasteiger partial charge in [0, 0.05) is 11.8 Å². The molecule has 1 aromatic carbocycles. The third kappa shape index (κ3) is 3.14. The summed E-state index contributed by atoms with van der Waals surface area (Å²) in [6, 6.07) is 4.03. The number of carbonyl (C=O) groups excluding carboxylic acids is 1. The van der Waals surface area contributed by atoms with Crippen LogP contribution in [0.15, 0.2) is 39.9 Å². The molecule has 0 spiro atoms. The molecule has 1 aromatic heterocycles. The van der Waals surface area contributed by atoms with Crippen LogP contribution in [0.4, 0.5) is 10.1 Å². The first kappa shape index (κ1) is 13.2. The molecule has 7 nitrogen and oxygen atoms in total. The van der Waals surface area contributed by atoms with Crippen LogP contribution < -0.4 is 10.5 Å². The molecule has 3 N–H and O–H groups in total. The van der Waals surface area contributed by atoms with Gasteiger partial charge in [0.1, 0.15) is 5.82 Å². The number of nitrogens with zero attached hydrogens (tertiary/aromatic N) is 1. The third-order valence-corrected chi connectivity index (χ3v) is 3.01. The second-order valence-electron chi connectivity index (χ2n) is 3.55. The number of nitrogens with two attached hydrogens (primary N) is 1. The van der Waals surface area contributed by atoms with Gasteiger partial charge in [0.2, 0.25) is 15.8 Å². The van der Waals surface area contributed by atoms with E-state index in [0.29, 0.717) is 0 Å². The summed E-state index contributed by atoms with van der Waals surface area (Å²) in [5, 5.41) is 10.5. The molecular weight excluding hydrogens is 277 g/mol. The minimum Gasteiger partial charge on any atom is -0.351 e. The molecule has 1 amide bonds. The van der Waals surface area contributed by atoms with E-state index >= 15 is 0 Å². The molecule has 19 heavy (non-hydrogen) atoms. The summed E-state index contributed by atoms with van der Waals surface area (Å²) in [5.41, 5.74) is -0.0644. The number of aromatic nitrogens is 1. The van der Waals surface area contributed by atoms with Gasteiger partial charge < -0.3 is 9.84 Å². The first-order valence-electron chi connectivity index (χ1n) is 4.92. The molecule has 2 rings (SSSR count). The van der Waals surface area contributed by atoms with Gasteiger partial charge in [-0.25, -0.2) is 17.9 Å². The molecule has 1 heterocycles. The molecule has 0 fully saturated rings. The highest BCUT2D eigenvalue weighted by atomic mass is 32.2. The van der Waals surface area contributed by atoms with Crippen LogP contribution in [0, 0.1) is 5.82 Å². The summed E-state index contributed by atoms with van der Waals surface area (Å²) in [6.07, 6.45) is 1.26. The van der Waals surface area contributed by atoms with Gasteiger partial charge >= 0.3 is 0 Å². The predicted molar refractivity (Wildman–Crippen MR) is 62.2 cm³/mol. The Labute approximate surface area is 107 Å². The molecule has 0 atom stereocenters. The molecule has 0 aliphatic heterocycles. The number of benzene rings is 1. The Kier molecular flexibility index (Phi) is 3.32. The summed E-state index contributed by atoms with van der Waals surface area (Å²) < 4.78 is 40.1. The Hall–Kier alpha value is -2.26. The first-order chi connectivity index (χ1) is 8.86. The normalized spacial score (nSPS) is 11.3. The molecule has 0 saturated carbocycles. The van der Waals surface area contributed by atoms with E-state index in [1.54, 1.807) is 0 Å². The van der Waals surface area contributed by atoms with E-state index in [-0.39, 0.29) is 11.4 Å². The van der Waals surface area contributed by atoms with Crippen LogP contribution in [-0.4, -0.2) is 19.5 Å². The third-order valence-electron chi connectivity index (χ3n) is 2.12. The van der Waals surface area contributed by atoms with Gasteiger partial charge in [0.15, 0.2) is 0 Å². The van der Waals surface area contributed by atoms with Gasteiger partial charge in [-0.15, -0.1) is 0 Å². The van der Waals surface area contributed by atoms with E-state index < -0.39 is 26.6 Å². The van der Waals surface area contributed by atoms with Gasteiger partial charge in [0.05, 0.1) is 11.1 Å². The monoisotopic (exact) mass is 285 g/mol. The number of anilines is 1. The SMILES string of the molecule is NS(=O)(=O)c1cc(F)cc(NC(=O)c2ccno2)c1. The minimum atomic E-state index is -4.06. The summed E-state index contributed by atoms with van der Waals surface area (Å²) >= 11 is 0. The van der Waals surface area contributed by atoms with E-state index in [4.69, 9.17) is 5.14 Å². The van der Waals surface area contributed by atoms with Crippen molar-refractivity contribution in [3.63, 3.8) is 0 Å². The largest absolute Gasteiger partial charge is 0.351 e. The zero-order valence-electron chi connectivity index (χ0n) is 9.33. The number of primary sulfonamides is 1. The molecule has 0 unspecified atom stereocenters. The Morgan fingerprint density at radius 3 is 2.68 bits per heavy atom. The van der Waals surface area contributed by atoms with Gasteiger partial charge in [-0.3, -0.25) is 4.79 Å². The Bertz CT molecular complexity index is 712. The number of halogens is 1. The average molecular weight is 285 g/mol. The van der Waals surface area contributed by atoms with Gasteiger partial charge in [-0.05, 0) is 18.2 Å². The lowest BCUT2D eigenvalue weighted by molar-refractivity contribution is 0.0988. The lowest BCUT2D eigenvalue weighted by atomic mass is 10.3. The van der Waals surface area contributed by atoms with Crippen molar-refractivity contribution in [2.75, 3.05) is 5.32 Å². The molecule has 100 valence electrons. The molecule has 0 aliphatic carbocycles. The number of hydrogen-bond acceptors (Lipinski definition) is 5. The number of sulfonamides is 1. The van der Waals surface area contributed by atoms with Crippen molar-refractivity contribution in [3.05, 3.63) is 42.0 Å². The standard InChI is InChI=1S/C10H8FN3O4S/c11-6-3-7(5-8(4-6)19(12,16)17)14-10(15)9-1-2-13-18-9/h1-5H,(H,14,15)(H2,12,16,17). The highest BCUT2D eigenvalue weighted by Gasteiger charge is 2.14. The summed E-state index contributed by atoms with van der Waals surface area (Å²) in [4.78, 5) is 11.2. The average Bonchev–Trinajstić information content (AvgIpc) is 2.80. The van der Waals surface area contributed by atoms with E-state index in [0.717, 1.165) is 18.2 Å². The number of hydrogen-bond donors (Lipinski definition) is 2. The van der Waals surface area contributed by atoms with Gasteiger partial charge in [-0.1, -0.05) is 5.16 Å². The highest BCUT2D eigenvalue weighted by Crippen LogP contribution is 2.18. The molecule has 0 aliphatic rings. The van der Waals surface area contributed by atoms with E-state index in [1.807, 2.05) is 0 Å². The number of nitrogens with one attached hydrogen (secondary N) is 1. The van der Waals surface area contributed by atoms with Crippen LogP contribution in [0.3, 0.4) is 0 Å². The number of rotatable bonds is 3. The molecule has 2 aromatic rings. The Morgan fingerprint density at radius 1 is 1.37 bits per heavy atom. The van der Waals surface area contributed by atoms with Crippen molar-refractivity contribution in [1.82, 2.24) is 5.16 Å². The van der Waals surface area contributed by atoms with Crippen LogP contribution >= 0.6 is 0 Å². The molecular formula is C10H8FN3O4S. The maximum atomic E-state index is 13.2. The van der Waals surface area contributed by atoms with Crippen molar-refractivity contribution in [2.45, 2.75) is 4.90 Å². The van der Waals surface area contributed by atoms with Crippen LogP contribution in [0.5, 0.6) is 0 Å². The van der Waals surface area contributed by atoms with Crippen LogP contribution in [0.1, 0.15) is 10.6 Å². The lowest BCUT2D eigenvalue weighted by Crippen LogP contribution is -2.15. The first-order valence-corrected chi connectivity index (χ1v) is 6.46. The maximum Gasteiger partial charge on any atom is 0.294 e. The fourth-order valence-corrected chi connectivity index (χ4v) is 1.89. The quantitative estimate of drug-likeness (QED) is 0.861. The molecule has 0 saturated heterocycles. The van der Waals surface area contributed by atoms with E-state index in [9.17, 15) is 17.6 Å². The van der Waals surface area contributed by atoms with Crippen molar-refractivity contribution in [3.8, 4) is 0 Å². The van der Waals surface area contributed by atoms with Gasteiger partial charge in [0.25, 0.3) is 5.91 Å². The van der Waals surface area contributed by atoms with Crippen molar-refractivity contribution in [2.24, 2.45) is 5.14 Å². The van der Waals surface area contributed by atoms with Crippen LogP contribution in [0.2, 0.25) is 0 Å². The van der Waals surface area contributed by atoms with E-state index in [2.05, 4.69) is 15.0 Å². The Morgan fingerprint density at radius 2 is 2.11 bits per heavy atom. The van der Waals surface area contributed by atoms with Crippen molar-refractivity contribution in [1.29, 1.82) is 0 Å². The summed E-state index contributed by atoms with van der Waals surface area (Å²) in [5.74, 6) is -1.63. The number of amides is 1. The zero-order valence-corrected chi connectivity index (χ0v) is 10.1. The summed E-state index contributed by atoms with van der Waals surface area (Å²) in [7, 11) is -4.06. The van der Waals surface area contributed by atoms with Crippen molar-refractivity contribution < 1.29 is 22.1 Å². The minimum absolute atomic E-state index is 0.0644. The van der Waals surface area contributed by atoms with Gasteiger partial charge in [-0.2, -0.15) is 0 Å². The fourth-order valence-electron chi connectivity index (χ4n) is 1.32. The maximum absolute atomic E-state index is 13.2. The van der Waals surface area contributed by atoms with E-state index in [1.165, 1.54) is 12.3 Å². The molecule has 0 bridgehead atoms. The Balaban J connectivity index is 2.31. The predicted octanol–water partition coefficient (Wildman–Crippen LogP) is 0.713. The zero-order chi connectivity index (χ0) is 14.0. The lowest BCUT2D eigenvalue weighted by Gasteiger charge is -2.05. The summed E-state index contributed by atoms with van der Waals surface area (Å²) in [6.45, 7) is 0. The van der Waals surface area contributed by atoms with Crippen LogP contribution in [0.25, 0.3) is 0 Å². The molecule has 9 heteroatoms. The topological polar surface area (TPSA) is 115 Å². The van der Waals surface area contributed by atoms with Crippen molar-refractivity contribution >= 4 is 21.6 Å². The fraction of sp³-hybridized carbons (Fsp3) is 0. The second-order valence-corrected chi connectivity index (χ2v) is 5.11. The second kappa shape index (κ2) is 4.78. The highest BCUT2D eigenvalue weighted by molar-refractivity contribution is 7.89. The number of carbonyl (C=O) groups is 1. The smallest absolute Gasteiger partial charge is 0.294 e.